The average Bonchev–Trinajstić information content (AvgIpc) is 3.32. The molecule has 6 heteroatoms. The summed E-state index contributed by atoms with van der Waals surface area (Å²) in [7, 11) is 0. The first-order chi connectivity index (χ1) is 11.0. The number of rotatable bonds is 2. The quantitative estimate of drug-likeness (QED) is 0.660. The largest absolute Gasteiger partial charge is 0.271 e. The van der Waals surface area contributed by atoms with Crippen molar-refractivity contribution < 1.29 is 9.59 Å². The van der Waals surface area contributed by atoms with Crippen molar-refractivity contribution in [1.29, 1.82) is 0 Å². The second-order valence-electron chi connectivity index (χ2n) is 5.77. The zero-order valence-electron chi connectivity index (χ0n) is 12.0. The SMILES string of the molecule is O=C1N(c2ccc(Br)cc2)N(c2ccc(Br)cc2)C(=O)C12CC2. The number of halogens is 2. The number of amides is 2. The summed E-state index contributed by atoms with van der Waals surface area (Å²) in [4.78, 5) is 25.8. The van der Waals surface area contributed by atoms with E-state index in [2.05, 4.69) is 31.9 Å². The highest BCUT2D eigenvalue weighted by molar-refractivity contribution is 9.10. The fraction of sp³-hybridized carbons (Fsp3) is 0.176. The van der Waals surface area contributed by atoms with Gasteiger partial charge in [0.1, 0.15) is 5.41 Å². The highest BCUT2D eigenvalue weighted by Crippen LogP contribution is 2.54. The average molecular weight is 436 g/mol. The van der Waals surface area contributed by atoms with Crippen molar-refractivity contribution in [3.63, 3.8) is 0 Å². The molecule has 2 aromatic carbocycles. The van der Waals surface area contributed by atoms with Gasteiger partial charge < -0.3 is 0 Å². The maximum atomic E-state index is 12.9. The van der Waals surface area contributed by atoms with Gasteiger partial charge in [-0.25, -0.2) is 10.0 Å². The maximum absolute atomic E-state index is 12.9. The van der Waals surface area contributed by atoms with Gasteiger partial charge in [-0.15, -0.1) is 0 Å². The predicted octanol–water partition coefficient (Wildman–Crippen LogP) is 4.29. The Morgan fingerprint density at radius 3 is 1.35 bits per heavy atom. The predicted molar refractivity (Wildman–Crippen MR) is 94.9 cm³/mol. The van der Waals surface area contributed by atoms with Crippen LogP contribution in [0.2, 0.25) is 0 Å². The van der Waals surface area contributed by atoms with Gasteiger partial charge in [0.15, 0.2) is 0 Å². The molecular weight excluding hydrogens is 424 g/mol. The van der Waals surface area contributed by atoms with Gasteiger partial charge in [0, 0.05) is 8.95 Å². The topological polar surface area (TPSA) is 40.6 Å². The number of hydrogen-bond donors (Lipinski definition) is 0. The van der Waals surface area contributed by atoms with Crippen molar-refractivity contribution in [2.24, 2.45) is 5.41 Å². The molecule has 23 heavy (non-hydrogen) atoms. The Morgan fingerprint density at radius 2 is 1.04 bits per heavy atom. The Morgan fingerprint density at radius 1 is 0.696 bits per heavy atom. The normalized spacial score (nSPS) is 18.9. The molecule has 1 aliphatic heterocycles. The van der Waals surface area contributed by atoms with Gasteiger partial charge in [-0.3, -0.25) is 9.59 Å². The number of anilines is 2. The molecule has 2 fully saturated rings. The van der Waals surface area contributed by atoms with Gasteiger partial charge in [-0.1, -0.05) is 31.9 Å². The van der Waals surface area contributed by atoms with E-state index in [9.17, 15) is 9.59 Å². The van der Waals surface area contributed by atoms with Crippen LogP contribution in [0.3, 0.4) is 0 Å². The van der Waals surface area contributed by atoms with Gasteiger partial charge in [0.2, 0.25) is 0 Å². The third kappa shape index (κ3) is 2.23. The Balaban J connectivity index is 1.83. The zero-order valence-corrected chi connectivity index (χ0v) is 15.2. The second kappa shape index (κ2) is 5.18. The molecule has 1 spiro atoms. The molecular formula is C17H12Br2N2O2. The molecule has 116 valence electrons. The molecule has 0 aromatic heterocycles. The molecule has 1 saturated heterocycles. The van der Waals surface area contributed by atoms with Crippen molar-refractivity contribution >= 4 is 55.0 Å². The molecule has 1 saturated carbocycles. The van der Waals surface area contributed by atoms with E-state index >= 15 is 0 Å². The standard InChI is InChI=1S/C17H12Br2N2O2/c18-11-1-5-13(6-2-11)20-15(22)17(9-10-17)16(23)21(20)14-7-3-12(19)4-8-14/h1-8H,9-10H2. The highest BCUT2D eigenvalue weighted by atomic mass is 79.9. The van der Waals surface area contributed by atoms with E-state index in [1.807, 2.05) is 48.5 Å². The minimum Gasteiger partial charge on any atom is -0.271 e. The lowest BCUT2D eigenvalue weighted by molar-refractivity contribution is -0.128. The number of carbonyl (C=O) groups is 2. The second-order valence-corrected chi connectivity index (χ2v) is 7.60. The minimum absolute atomic E-state index is 0.132. The first-order valence-electron chi connectivity index (χ1n) is 7.23. The Labute approximate surface area is 150 Å². The van der Waals surface area contributed by atoms with E-state index in [0.717, 1.165) is 8.95 Å². The summed E-state index contributed by atoms with van der Waals surface area (Å²) in [6.07, 6.45) is 1.26. The van der Waals surface area contributed by atoms with Crippen molar-refractivity contribution in [2.75, 3.05) is 10.0 Å². The highest BCUT2D eigenvalue weighted by Gasteiger charge is 2.66. The monoisotopic (exact) mass is 434 g/mol. The van der Waals surface area contributed by atoms with Gasteiger partial charge in [-0.05, 0) is 61.4 Å². The molecule has 0 N–H and O–H groups in total. The van der Waals surface area contributed by atoms with Gasteiger partial charge >= 0.3 is 0 Å². The number of carbonyl (C=O) groups excluding carboxylic acids is 2. The summed E-state index contributed by atoms with van der Waals surface area (Å²) in [6.45, 7) is 0. The summed E-state index contributed by atoms with van der Waals surface area (Å²) in [6, 6.07) is 14.8. The van der Waals surface area contributed by atoms with Gasteiger partial charge in [0.05, 0.1) is 11.4 Å². The summed E-state index contributed by atoms with van der Waals surface area (Å²) in [5.74, 6) is -0.263. The van der Waals surface area contributed by atoms with E-state index in [4.69, 9.17) is 0 Å². The summed E-state index contributed by atoms with van der Waals surface area (Å²) in [5, 5.41) is 3.01. The van der Waals surface area contributed by atoms with Crippen LogP contribution >= 0.6 is 31.9 Å². The molecule has 0 radical (unpaired) electrons. The van der Waals surface area contributed by atoms with Crippen molar-refractivity contribution in [3.05, 3.63) is 57.5 Å². The molecule has 0 unspecified atom stereocenters. The van der Waals surface area contributed by atoms with Crippen LogP contribution in [0.15, 0.2) is 57.5 Å². The van der Waals surface area contributed by atoms with Crippen LogP contribution in [-0.4, -0.2) is 11.8 Å². The summed E-state index contributed by atoms with van der Waals surface area (Å²) in [5.41, 5.74) is 0.539. The summed E-state index contributed by atoms with van der Waals surface area (Å²) >= 11 is 6.79. The first kappa shape index (κ1) is 14.9. The van der Waals surface area contributed by atoms with E-state index in [-0.39, 0.29) is 11.8 Å². The van der Waals surface area contributed by atoms with Gasteiger partial charge in [-0.2, -0.15) is 0 Å². The number of benzene rings is 2. The molecule has 4 nitrogen and oxygen atoms in total. The molecule has 2 amide bonds. The summed E-state index contributed by atoms with van der Waals surface area (Å²) < 4.78 is 1.85. The van der Waals surface area contributed by atoms with Crippen molar-refractivity contribution in [2.45, 2.75) is 12.8 Å². The van der Waals surface area contributed by atoms with Crippen LogP contribution in [0.4, 0.5) is 11.4 Å². The smallest absolute Gasteiger partial charge is 0.261 e. The van der Waals surface area contributed by atoms with Crippen LogP contribution in [0, 0.1) is 5.41 Å². The Kier molecular flexibility index (Phi) is 3.35. The maximum Gasteiger partial charge on any atom is 0.261 e. The van der Waals surface area contributed by atoms with Crippen LogP contribution in [0.1, 0.15) is 12.8 Å². The molecule has 1 aliphatic carbocycles. The van der Waals surface area contributed by atoms with Crippen LogP contribution in [0.5, 0.6) is 0 Å². The molecule has 0 atom stereocenters. The lowest BCUT2D eigenvalue weighted by Gasteiger charge is -2.27. The minimum atomic E-state index is -0.847. The van der Waals surface area contributed by atoms with E-state index in [1.165, 1.54) is 10.0 Å². The van der Waals surface area contributed by atoms with Crippen LogP contribution in [0.25, 0.3) is 0 Å². The fourth-order valence-electron chi connectivity index (χ4n) is 2.86. The number of hydrogen-bond acceptors (Lipinski definition) is 2. The molecule has 4 rings (SSSR count). The lowest BCUT2D eigenvalue weighted by atomic mass is 10.1. The molecule has 2 aromatic rings. The van der Waals surface area contributed by atoms with E-state index in [0.29, 0.717) is 24.2 Å². The fourth-order valence-corrected chi connectivity index (χ4v) is 3.39. The molecule has 0 bridgehead atoms. The number of hydrazine groups is 1. The third-order valence-electron chi connectivity index (χ3n) is 4.30. The van der Waals surface area contributed by atoms with E-state index < -0.39 is 5.41 Å². The van der Waals surface area contributed by atoms with E-state index in [1.54, 1.807) is 0 Å². The molecule has 1 heterocycles. The van der Waals surface area contributed by atoms with Crippen molar-refractivity contribution in [1.82, 2.24) is 0 Å². The van der Waals surface area contributed by atoms with Crippen LogP contribution < -0.4 is 10.0 Å². The molecule has 2 aliphatic rings. The van der Waals surface area contributed by atoms with Crippen LogP contribution in [-0.2, 0) is 9.59 Å². The Bertz CT molecular complexity index is 733. The Hall–Kier alpha value is -1.66. The number of nitrogens with zero attached hydrogens (tertiary/aromatic N) is 2. The zero-order chi connectivity index (χ0) is 16.2. The van der Waals surface area contributed by atoms with Gasteiger partial charge in [0.25, 0.3) is 11.8 Å². The van der Waals surface area contributed by atoms with Crippen molar-refractivity contribution in [3.8, 4) is 0 Å². The lowest BCUT2D eigenvalue weighted by Crippen LogP contribution is -2.41. The third-order valence-corrected chi connectivity index (χ3v) is 5.35. The first-order valence-corrected chi connectivity index (χ1v) is 8.82.